The molecule has 0 spiro atoms. The minimum atomic E-state index is -2.83. The molecular formula is C16H32IN3O3S. The van der Waals surface area contributed by atoms with Crippen molar-refractivity contribution in [2.45, 2.75) is 52.2 Å². The molecule has 2 aliphatic rings. The number of nitrogens with one attached hydrogen (secondary N) is 2. The topological polar surface area (TPSA) is 79.8 Å². The molecule has 2 aliphatic heterocycles. The molecule has 2 heterocycles. The average Bonchev–Trinajstić information content (AvgIpc) is 2.84. The van der Waals surface area contributed by atoms with E-state index in [0.717, 1.165) is 38.4 Å². The van der Waals surface area contributed by atoms with Crippen LogP contribution in [0.3, 0.4) is 0 Å². The third-order valence-electron chi connectivity index (χ3n) is 4.58. The molecule has 24 heavy (non-hydrogen) atoms. The lowest BCUT2D eigenvalue weighted by Gasteiger charge is -2.33. The first-order valence-electron chi connectivity index (χ1n) is 8.76. The number of hydrogen-bond donors (Lipinski definition) is 2. The Morgan fingerprint density at radius 3 is 2.67 bits per heavy atom. The zero-order valence-electron chi connectivity index (χ0n) is 15.0. The molecule has 8 heteroatoms. The maximum absolute atomic E-state index is 11.5. The third-order valence-corrected chi connectivity index (χ3v) is 6.42. The SMILES string of the molecule is CCNC(=NCC1CCS(=O)(=O)C1)NC1CCOC(C(C)C)C1.I. The van der Waals surface area contributed by atoms with Crippen LogP contribution in [-0.2, 0) is 14.6 Å². The van der Waals surface area contributed by atoms with Gasteiger partial charge in [-0.15, -0.1) is 24.0 Å². The Morgan fingerprint density at radius 2 is 2.08 bits per heavy atom. The predicted octanol–water partition coefficient (Wildman–Crippen LogP) is 1.80. The van der Waals surface area contributed by atoms with Gasteiger partial charge in [-0.25, -0.2) is 8.42 Å². The Balaban J connectivity index is 0.00000288. The zero-order valence-corrected chi connectivity index (χ0v) is 18.1. The van der Waals surface area contributed by atoms with Crippen LogP contribution in [-0.4, -0.2) is 57.7 Å². The summed E-state index contributed by atoms with van der Waals surface area (Å²) < 4.78 is 28.9. The summed E-state index contributed by atoms with van der Waals surface area (Å²) >= 11 is 0. The molecule has 2 rings (SSSR count). The number of hydrogen-bond acceptors (Lipinski definition) is 4. The second kappa shape index (κ2) is 10.2. The molecule has 6 nitrogen and oxygen atoms in total. The van der Waals surface area contributed by atoms with Crippen molar-refractivity contribution in [3.8, 4) is 0 Å². The van der Waals surface area contributed by atoms with Crippen molar-refractivity contribution in [2.75, 3.05) is 31.2 Å². The molecule has 0 saturated carbocycles. The summed E-state index contributed by atoms with van der Waals surface area (Å²) in [6.07, 6.45) is 2.99. The van der Waals surface area contributed by atoms with E-state index in [-0.39, 0.29) is 35.6 Å². The fourth-order valence-corrected chi connectivity index (χ4v) is 5.02. The lowest BCUT2D eigenvalue weighted by molar-refractivity contribution is -0.0217. The standard InChI is InChI=1S/C16H31N3O3S.HI/c1-4-17-16(18-10-13-6-8-23(20,21)11-13)19-14-5-7-22-15(9-14)12(2)3;/h12-15H,4-11H2,1-3H3,(H2,17,18,19);1H. The quantitative estimate of drug-likeness (QED) is 0.362. The second-order valence-corrected chi connectivity index (χ2v) is 9.24. The molecule has 3 unspecified atom stereocenters. The highest BCUT2D eigenvalue weighted by Gasteiger charge is 2.28. The minimum absolute atomic E-state index is 0. The van der Waals surface area contributed by atoms with Crippen LogP contribution >= 0.6 is 24.0 Å². The van der Waals surface area contributed by atoms with Crippen molar-refractivity contribution in [1.29, 1.82) is 0 Å². The van der Waals surface area contributed by atoms with Crippen LogP contribution in [0.2, 0.25) is 0 Å². The molecule has 0 aromatic carbocycles. The van der Waals surface area contributed by atoms with Crippen molar-refractivity contribution in [3.63, 3.8) is 0 Å². The Bertz CT molecular complexity index is 511. The summed E-state index contributed by atoms with van der Waals surface area (Å²) in [6.45, 7) is 8.57. The van der Waals surface area contributed by atoms with Crippen LogP contribution < -0.4 is 10.6 Å². The van der Waals surface area contributed by atoms with Crippen LogP contribution in [0.15, 0.2) is 4.99 Å². The van der Waals surface area contributed by atoms with E-state index in [0.29, 0.717) is 30.4 Å². The number of sulfone groups is 1. The first-order valence-corrected chi connectivity index (χ1v) is 10.6. The Hall–Kier alpha value is -0.0900. The lowest BCUT2D eigenvalue weighted by Crippen LogP contribution is -2.48. The molecule has 2 fully saturated rings. The molecule has 3 atom stereocenters. The van der Waals surface area contributed by atoms with Gasteiger partial charge in [-0.05, 0) is 38.0 Å². The van der Waals surface area contributed by atoms with Crippen molar-refractivity contribution in [3.05, 3.63) is 0 Å². The van der Waals surface area contributed by atoms with Crippen molar-refractivity contribution < 1.29 is 13.2 Å². The number of ether oxygens (including phenoxy) is 1. The van der Waals surface area contributed by atoms with E-state index in [2.05, 4.69) is 29.5 Å². The fraction of sp³-hybridized carbons (Fsp3) is 0.938. The van der Waals surface area contributed by atoms with Crippen LogP contribution in [0.1, 0.15) is 40.0 Å². The number of aliphatic imine (C=N–C) groups is 1. The highest BCUT2D eigenvalue weighted by molar-refractivity contribution is 14.0. The zero-order chi connectivity index (χ0) is 16.9. The van der Waals surface area contributed by atoms with Gasteiger partial charge in [-0.1, -0.05) is 13.8 Å². The lowest BCUT2D eigenvalue weighted by atomic mass is 9.95. The Labute approximate surface area is 163 Å². The monoisotopic (exact) mass is 473 g/mol. The van der Waals surface area contributed by atoms with Gasteiger partial charge in [-0.3, -0.25) is 4.99 Å². The Kier molecular flexibility index (Phi) is 9.29. The van der Waals surface area contributed by atoms with Gasteiger partial charge in [0.15, 0.2) is 15.8 Å². The molecule has 0 bridgehead atoms. The van der Waals surface area contributed by atoms with Gasteiger partial charge in [0.1, 0.15) is 0 Å². The number of rotatable bonds is 5. The van der Waals surface area contributed by atoms with E-state index < -0.39 is 9.84 Å². The number of halogens is 1. The average molecular weight is 473 g/mol. The number of nitrogens with zero attached hydrogens (tertiary/aromatic N) is 1. The Morgan fingerprint density at radius 1 is 1.33 bits per heavy atom. The predicted molar refractivity (Wildman–Crippen MR) is 109 cm³/mol. The molecule has 0 radical (unpaired) electrons. The van der Waals surface area contributed by atoms with Crippen LogP contribution in [0, 0.1) is 11.8 Å². The highest BCUT2D eigenvalue weighted by Crippen LogP contribution is 2.20. The molecule has 0 amide bonds. The number of guanidine groups is 1. The van der Waals surface area contributed by atoms with Crippen LogP contribution in [0.25, 0.3) is 0 Å². The third kappa shape index (κ3) is 7.03. The summed E-state index contributed by atoms with van der Waals surface area (Å²) in [7, 11) is -2.83. The van der Waals surface area contributed by atoms with Gasteiger partial charge in [-0.2, -0.15) is 0 Å². The van der Waals surface area contributed by atoms with E-state index in [1.807, 2.05) is 6.92 Å². The molecular weight excluding hydrogens is 441 g/mol. The van der Waals surface area contributed by atoms with Gasteiger partial charge in [0, 0.05) is 25.7 Å². The van der Waals surface area contributed by atoms with Gasteiger partial charge in [0.05, 0.1) is 17.6 Å². The maximum Gasteiger partial charge on any atom is 0.191 e. The van der Waals surface area contributed by atoms with Crippen molar-refractivity contribution >= 4 is 39.8 Å². The van der Waals surface area contributed by atoms with Crippen LogP contribution in [0.4, 0.5) is 0 Å². The summed E-state index contributed by atoms with van der Waals surface area (Å²) in [6, 6.07) is 0.362. The first kappa shape index (κ1) is 22.0. The van der Waals surface area contributed by atoms with E-state index in [9.17, 15) is 8.42 Å². The molecule has 2 saturated heterocycles. The smallest absolute Gasteiger partial charge is 0.191 e. The van der Waals surface area contributed by atoms with Gasteiger partial charge < -0.3 is 15.4 Å². The van der Waals surface area contributed by atoms with E-state index >= 15 is 0 Å². The minimum Gasteiger partial charge on any atom is -0.378 e. The van der Waals surface area contributed by atoms with E-state index in [4.69, 9.17) is 4.74 Å². The largest absolute Gasteiger partial charge is 0.378 e. The molecule has 142 valence electrons. The van der Waals surface area contributed by atoms with E-state index in [1.165, 1.54) is 0 Å². The van der Waals surface area contributed by atoms with Crippen LogP contribution in [0.5, 0.6) is 0 Å². The summed E-state index contributed by atoms with van der Waals surface area (Å²) in [5.74, 6) is 2.07. The van der Waals surface area contributed by atoms with Gasteiger partial charge in [0.2, 0.25) is 0 Å². The van der Waals surface area contributed by atoms with E-state index in [1.54, 1.807) is 0 Å². The summed E-state index contributed by atoms with van der Waals surface area (Å²) in [5.41, 5.74) is 0. The summed E-state index contributed by atoms with van der Waals surface area (Å²) in [4.78, 5) is 4.61. The van der Waals surface area contributed by atoms with Gasteiger partial charge in [0.25, 0.3) is 0 Å². The molecule has 0 aromatic heterocycles. The first-order chi connectivity index (χ1) is 10.9. The molecule has 0 aliphatic carbocycles. The normalized spacial score (nSPS) is 30.0. The highest BCUT2D eigenvalue weighted by atomic mass is 127. The second-order valence-electron chi connectivity index (χ2n) is 7.01. The molecule has 0 aromatic rings. The van der Waals surface area contributed by atoms with Crippen molar-refractivity contribution in [2.24, 2.45) is 16.8 Å². The molecule has 2 N–H and O–H groups in total. The summed E-state index contributed by atoms with van der Waals surface area (Å²) in [5, 5.41) is 6.76. The fourth-order valence-electron chi connectivity index (χ4n) is 3.17. The van der Waals surface area contributed by atoms with Crippen molar-refractivity contribution in [1.82, 2.24) is 10.6 Å². The van der Waals surface area contributed by atoms with Gasteiger partial charge >= 0.3 is 0 Å². The maximum atomic E-state index is 11.5.